The van der Waals surface area contributed by atoms with Crippen LogP contribution in [0.15, 0.2) is 117 Å². The molecule has 2 unspecified atom stereocenters. The number of piperazine rings is 2. The summed E-state index contributed by atoms with van der Waals surface area (Å²) in [6, 6.07) is 25.8. The van der Waals surface area contributed by atoms with Crippen molar-refractivity contribution in [2.24, 2.45) is 5.41 Å². The third-order valence-corrected chi connectivity index (χ3v) is 19.2. The van der Waals surface area contributed by atoms with E-state index in [1.165, 1.54) is 40.6 Å². The van der Waals surface area contributed by atoms with Crippen molar-refractivity contribution in [3.63, 3.8) is 0 Å². The van der Waals surface area contributed by atoms with Gasteiger partial charge in [-0.15, -0.1) is 11.8 Å². The Balaban J connectivity index is 0.902. The molecule has 22 heteroatoms. The maximum absolute atomic E-state index is 14.3. The van der Waals surface area contributed by atoms with Crippen LogP contribution in [0.2, 0.25) is 5.02 Å². The third kappa shape index (κ3) is 16.4. The van der Waals surface area contributed by atoms with E-state index in [2.05, 4.69) is 44.0 Å². The fraction of sp³-hybridized carbons (Fsp3) is 0.509. The SMILES string of the molecule is CC1(CN2CCN(C(=O)OC(C)(C)C)CC2)CCC(c2ccc(Cl)cc2)=C(CN2CCN(c3ccc(C(=O)NS(=O)(=O)c4ccc(NC(CCN5CCCOCC5)CSc5ccccc5)c(S(=O)(=O)C(F)(F)F)c4)cc3)CC2)C1. The summed E-state index contributed by atoms with van der Waals surface area (Å²) in [7, 11) is -11.0. The van der Waals surface area contributed by atoms with E-state index >= 15 is 0 Å². The molecule has 1 aliphatic carbocycles. The lowest BCUT2D eigenvalue weighted by atomic mass is 9.71. The molecule has 3 fully saturated rings. The van der Waals surface area contributed by atoms with Crippen molar-refractivity contribution < 1.29 is 49.1 Å². The number of amides is 2. The van der Waals surface area contributed by atoms with Crippen LogP contribution in [-0.2, 0) is 29.3 Å². The Morgan fingerprint density at radius 2 is 1.49 bits per heavy atom. The van der Waals surface area contributed by atoms with Crippen molar-refractivity contribution in [2.75, 3.05) is 114 Å². The number of alkyl halides is 3. The molecule has 3 heterocycles. The van der Waals surface area contributed by atoms with Gasteiger partial charge in [0.25, 0.3) is 25.8 Å². The molecule has 4 aromatic rings. The number of nitrogens with one attached hydrogen (secondary N) is 2. The first-order chi connectivity index (χ1) is 37.4. The number of sulfone groups is 1. The molecule has 79 heavy (non-hydrogen) atoms. The van der Waals surface area contributed by atoms with E-state index in [1.807, 2.05) is 68.0 Å². The number of carbonyl (C=O) groups is 2. The lowest BCUT2D eigenvalue weighted by Gasteiger charge is -2.44. The second kappa shape index (κ2) is 25.9. The Morgan fingerprint density at radius 3 is 2.16 bits per heavy atom. The van der Waals surface area contributed by atoms with Gasteiger partial charge in [0.1, 0.15) is 10.5 Å². The van der Waals surface area contributed by atoms with E-state index in [4.69, 9.17) is 21.1 Å². The predicted molar refractivity (Wildman–Crippen MR) is 305 cm³/mol. The van der Waals surface area contributed by atoms with Gasteiger partial charge in [0.05, 0.1) is 17.2 Å². The van der Waals surface area contributed by atoms with Crippen molar-refractivity contribution in [3.05, 3.63) is 119 Å². The fourth-order valence-corrected chi connectivity index (χ4v) is 13.8. The molecule has 4 aliphatic rings. The number of rotatable bonds is 18. The minimum absolute atomic E-state index is 0.0194. The minimum atomic E-state index is -6.08. The predicted octanol–water partition coefficient (Wildman–Crippen LogP) is 9.76. The van der Waals surface area contributed by atoms with Gasteiger partial charge < -0.3 is 29.5 Å². The summed E-state index contributed by atoms with van der Waals surface area (Å²) in [6.07, 6.45) is 3.87. The van der Waals surface area contributed by atoms with Gasteiger partial charge in [-0.3, -0.25) is 14.6 Å². The third-order valence-electron chi connectivity index (χ3n) is 14.9. The molecule has 4 aromatic carbocycles. The highest BCUT2D eigenvalue weighted by atomic mass is 35.5. The van der Waals surface area contributed by atoms with Gasteiger partial charge in [0.15, 0.2) is 0 Å². The van der Waals surface area contributed by atoms with Crippen LogP contribution in [0.5, 0.6) is 0 Å². The number of anilines is 2. The number of hydrogen-bond acceptors (Lipinski definition) is 14. The van der Waals surface area contributed by atoms with Crippen molar-refractivity contribution >= 4 is 72.2 Å². The summed E-state index contributed by atoms with van der Waals surface area (Å²) in [6.45, 7) is 18.6. The molecule has 0 bridgehead atoms. The maximum atomic E-state index is 14.3. The van der Waals surface area contributed by atoms with E-state index in [-0.39, 0.29) is 17.1 Å². The molecular formula is C57H73ClF3N7O8S3. The number of allylic oxidation sites excluding steroid dienone is 1. The quantitative estimate of drug-likeness (QED) is 0.0906. The first kappa shape index (κ1) is 60.2. The second-order valence-corrected chi connectivity index (χ2v) is 27.4. The smallest absolute Gasteiger partial charge is 0.444 e. The van der Waals surface area contributed by atoms with Gasteiger partial charge in [-0.05, 0) is 136 Å². The highest BCUT2D eigenvalue weighted by Crippen LogP contribution is 2.44. The molecule has 15 nitrogen and oxygen atoms in total. The number of carbonyl (C=O) groups excluding carboxylic acids is 2. The van der Waals surface area contributed by atoms with Gasteiger partial charge in [-0.25, -0.2) is 26.4 Å². The number of halogens is 4. The number of hydrogen-bond donors (Lipinski definition) is 2. The minimum Gasteiger partial charge on any atom is -0.444 e. The van der Waals surface area contributed by atoms with Gasteiger partial charge in [-0.2, -0.15) is 13.2 Å². The van der Waals surface area contributed by atoms with Crippen LogP contribution >= 0.6 is 23.4 Å². The standard InChI is InChI=1S/C57H73ClF3N7O8S3/c1-55(2,3)76-54(70)68-32-28-66(29-33-68)41-56(4)23-21-50(42-11-15-45(58)16-12-42)44(38-56)39-65-26-30-67(31-27-65)47-17-13-43(14-18-47)53(69)63-79(73,74)49-19-20-51(52(37-49)78(71,72)57(59,60)61)62-46(40-77-48-9-6-5-7-10-48)22-25-64-24-8-35-75-36-34-64/h5-7,9-20,37,46,62H,8,21-36,38-41H2,1-4H3,(H,63,69). The van der Waals surface area contributed by atoms with Crippen LogP contribution in [0.1, 0.15) is 75.7 Å². The molecule has 0 saturated carbocycles. The highest BCUT2D eigenvalue weighted by Gasteiger charge is 2.49. The fourth-order valence-electron chi connectivity index (χ4n) is 10.7. The molecule has 3 saturated heterocycles. The van der Waals surface area contributed by atoms with Crippen LogP contribution in [0.25, 0.3) is 5.57 Å². The number of sulfonamides is 1. The Bertz CT molecular complexity index is 2980. The van der Waals surface area contributed by atoms with Crippen molar-refractivity contribution in [2.45, 2.75) is 91.6 Å². The molecule has 0 radical (unpaired) electrons. The van der Waals surface area contributed by atoms with Crippen LogP contribution in [0.3, 0.4) is 0 Å². The summed E-state index contributed by atoms with van der Waals surface area (Å²) in [5.41, 5.74) is -1.94. The van der Waals surface area contributed by atoms with E-state index in [0.717, 1.165) is 94.2 Å². The van der Waals surface area contributed by atoms with Crippen molar-refractivity contribution in [1.29, 1.82) is 0 Å². The van der Waals surface area contributed by atoms with Crippen LogP contribution in [0, 0.1) is 5.41 Å². The molecule has 8 rings (SSSR count). The molecule has 2 amide bonds. The second-order valence-electron chi connectivity index (χ2n) is 22.2. The number of benzene rings is 4. The lowest BCUT2D eigenvalue weighted by Crippen LogP contribution is -2.52. The molecule has 430 valence electrons. The highest BCUT2D eigenvalue weighted by molar-refractivity contribution is 7.99. The average molecular weight is 1170 g/mol. The normalized spacial score (nSPS) is 20.2. The van der Waals surface area contributed by atoms with Gasteiger partial charge >= 0.3 is 11.6 Å². The average Bonchev–Trinajstić information content (AvgIpc) is 3.74. The van der Waals surface area contributed by atoms with E-state index in [1.54, 1.807) is 17.0 Å². The zero-order valence-electron chi connectivity index (χ0n) is 45.4. The zero-order chi connectivity index (χ0) is 56.6. The molecule has 2 N–H and O–H groups in total. The summed E-state index contributed by atoms with van der Waals surface area (Å²) < 4.78 is 110. The van der Waals surface area contributed by atoms with Crippen molar-refractivity contribution in [3.8, 4) is 0 Å². The molecule has 2 atom stereocenters. The first-order valence-corrected chi connectivity index (χ1v) is 31.3. The lowest BCUT2D eigenvalue weighted by molar-refractivity contribution is -0.0436. The topological polar surface area (TPSA) is 161 Å². The maximum Gasteiger partial charge on any atom is 0.501 e. The molecule has 3 aliphatic heterocycles. The summed E-state index contributed by atoms with van der Waals surface area (Å²) in [4.78, 5) is 36.2. The summed E-state index contributed by atoms with van der Waals surface area (Å²) in [5.74, 6) is -0.680. The zero-order valence-corrected chi connectivity index (χ0v) is 48.6. The molecular weight excluding hydrogens is 1100 g/mol. The van der Waals surface area contributed by atoms with Crippen molar-refractivity contribution in [1.82, 2.24) is 24.3 Å². The first-order valence-electron chi connectivity index (χ1n) is 27.0. The van der Waals surface area contributed by atoms with Crippen LogP contribution in [0.4, 0.5) is 29.3 Å². The number of nitrogens with zero attached hydrogens (tertiary/aromatic N) is 5. The molecule has 0 aromatic heterocycles. The van der Waals surface area contributed by atoms with E-state index in [0.29, 0.717) is 75.7 Å². The van der Waals surface area contributed by atoms with Gasteiger partial charge in [-0.1, -0.05) is 54.4 Å². The summed E-state index contributed by atoms with van der Waals surface area (Å²) in [5, 5.41) is 3.70. The number of thioether (sulfide) groups is 1. The monoisotopic (exact) mass is 1170 g/mol. The Labute approximate surface area is 473 Å². The van der Waals surface area contributed by atoms with E-state index < -0.39 is 58.4 Å². The van der Waals surface area contributed by atoms with Crippen LogP contribution < -0.4 is 14.9 Å². The van der Waals surface area contributed by atoms with Gasteiger partial charge in [0, 0.05) is 125 Å². The summed E-state index contributed by atoms with van der Waals surface area (Å²) >= 11 is 7.77. The van der Waals surface area contributed by atoms with E-state index in [9.17, 15) is 39.6 Å². The Hall–Kier alpha value is -4.87. The van der Waals surface area contributed by atoms with Gasteiger partial charge in [0.2, 0.25) is 0 Å². The number of ether oxygens (including phenoxy) is 2. The Morgan fingerprint density at radius 1 is 0.810 bits per heavy atom. The van der Waals surface area contributed by atoms with Crippen LogP contribution in [-0.4, -0.2) is 170 Å². The largest absolute Gasteiger partial charge is 0.501 e. The molecule has 0 spiro atoms. The Kier molecular flexibility index (Phi) is 19.8.